The number of nitrogens with two attached hydrogens (primary N) is 1. The van der Waals surface area contributed by atoms with Crippen molar-refractivity contribution in [2.75, 3.05) is 27.9 Å². The third kappa shape index (κ3) is 3.61. The third-order valence-corrected chi connectivity index (χ3v) is 2.59. The number of aryl methyl sites for hydroxylation is 1. The van der Waals surface area contributed by atoms with Crippen molar-refractivity contribution >= 4 is 0 Å². The van der Waals surface area contributed by atoms with Crippen LogP contribution < -0.4 is 15.2 Å². The molecule has 0 fully saturated rings. The number of benzene rings is 1. The lowest BCUT2D eigenvalue weighted by atomic mass is 10.0. The van der Waals surface area contributed by atoms with Crippen molar-refractivity contribution in [3.8, 4) is 11.5 Å². The maximum Gasteiger partial charge on any atom is 0.166 e. The first-order valence-corrected chi connectivity index (χ1v) is 5.69. The van der Waals surface area contributed by atoms with Gasteiger partial charge in [-0.25, -0.2) is 0 Å². The maximum atomic E-state index is 5.52. The quantitative estimate of drug-likeness (QED) is 0.787. The molecule has 0 heterocycles. The van der Waals surface area contributed by atoms with E-state index in [-0.39, 0.29) is 0 Å². The van der Waals surface area contributed by atoms with Crippen LogP contribution in [0, 0.1) is 0 Å². The van der Waals surface area contributed by atoms with Crippen molar-refractivity contribution in [3.05, 3.63) is 23.3 Å². The van der Waals surface area contributed by atoms with Gasteiger partial charge in [0, 0.05) is 12.7 Å². The van der Waals surface area contributed by atoms with E-state index in [1.807, 2.05) is 6.07 Å². The summed E-state index contributed by atoms with van der Waals surface area (Å²) in [5.41, 5.74) is 7.71. The Hall–Kier alpha value is -1.26. The standard InChI is InChI=1S/C13H21NO3/c1-15-9-11-7-10(5-4-6-14)8-12(16-2)13(11)17-3/h7-8H,4-6,9,14H2,1-3H3. The largest absolute Gasteiger partial charge is 0.493 e. The average molecular weight is 239 g/mol. The van der Waals surface area contributed by atoms with Gasteiger partial charge in [0.05, 0.1) is 20.8 Å². The molecule has 2 N–H and O–H groups in total. The third-order valence-electron chi connectivity index (χ3n) is 2.59. The number of hydrogen-bond acceptors (Lipinski definition) is 4. The van der Waals surface area contributed by atoms with E-state index < -0.39 is 0 Å². The van der Waals surface area contributed by atoms with Gasteiger partial charge in [-0.3, -0.25) is 0 Å². The van der Waals surface area contributed by atoms with Crippen LogP contribution in [0.5, 0.6) is 11.5 Å². The van der Waals surface area contributed by atoms with Crippen LogP contribution in [0.2, 0.25) is 0 Å². The van der Waals surface area contributed by atoms with Crippen LogP contribution in [0.25, 0.3) is 0 Å². The summed E-state index contributed by atoms with van der Waals surface area (Å²) in [7, 11) is 4.94. The van der Waals surface area contributed by atoms with Gasteiger partial charge < -0.3 is 19.9 Å². The molecule has 0 amide bonds. The van der Waals surface area contributed by atoms with E-state index in [1.54, 1.807) is 21.3 Å². The SMILES string of the molecule is COCc1cc(CCCN)cc(OC)c1OC. The predicted octanol–water partition coefficient (Wildman–Crippen LogP) is 1.74. The highest BCUT2D eigenvalue weighted by Crippen LogP contribution is 2.33. The monoisotopic (exact) mass is 239 g/mol. The first-order valence-electron chi connectivity index (χ1n) is 5.69. The number of ether oxygens (including phenoxy) is 3. The van der Waals surface area contributed by atoms with Crippen LogP contribution in [0.4, 0.5) is 0 Å². The lowest BCUT2D eigenvalue weighted by Gasteiger charge is -2.14. The Morgan fingerprint density at radius 3 is 2.41 bits per heavy atom. The Morgan fingerprint density at radius 1 is 1.12 bits per heavy atom. The van der Waals surface area contributed by atoms with Gasteiger partial charge in [-0.15, -0.1) is 0 Å². The van der Waals surface area contributed by atoms with Gasteiger partial charge in [-0.1, -0.05) is 0 Å². The minimum atomic E-state index is 0.510. The van der Waals surface area contributed by atoms with E-state index >= 15 is 0 Å². The molecule has 0 atom stereocenters. The Morgan fingerprint density at radius 2 is 1.88 bits per heavy atom. The first kappa shape index (κ1) is 13.8. The molecule has 0 aliphatic rings. The summed E-state index contributed by atoms with van der Waals surface area (Å²) in [6.45, 7) is 1.20. The van der Waals surface area contributed by atoms with Crippen LogP contribution in [-0.4, -0.2) is 27.9 Å². The Kier molecular flexibility index (Phi) is 5.80. The van der Waals surface area contributed by atoms with Crippen molar-refractivity contribution in [1.29, 1.82) is 0 Å². The van der Waals surface area contributed by atoms with E-state index in [1.165, 1.54) is 5.56 Å². The van der Waals surface area contributed by atoms with Crippen LogP contribution in [0.15, 0.2) is 12.1 Å². The van der Waals surface area contributed by atoms with Crippen LogP contribution in [0.1, 0.15) is 17.5 Å². The van der Waals surface area contributed by atoms with Crippen molar-refractivity contribution in [2.24, 2.45) is 5.73 Å². The molecule has 0 aromatic heterocycles. The molecule has 1 aromatic rings. The van der Waals surface area contributed by atoms with Gasteiger partial charge in [0.1, 0.15) is 0 Å². The van der Waals surface area contributed by atoms with Crippen LogP contribution >= 0.6 is 0 Å². The average Bonchev–Trinajstić information content (AvgIpc) is 2.36. The fourth-order valence-corrected chi connectivity index (χ4v) is 1.82. The summed E-state index contributed by atoms with van der Waals surface area (Å²) in [6.07, 6.45) is 1.90. The van der Waals surface area contributed by atoms with E-state index in [2.05, 4.69) is 6.07 Å². The summed E-state index contributed by atoms with van der Waals surface area (Å²) >= 11 is 0. The maximum absolute atomic E-state index is 5.52. The van der Waals surface area contributed by atoms with E-state index in [4.69, 9.17) is 19.9 Å². The molecule has 0 saturated heterocycles. The molecule has 4 nitrogen and oxygen atoms in total. The highest BCUT2D eigenvalue weighted by molar-refractivity contribution is 5.49. The van der Waals surface area contributed by atoms with Gasteiger partial charge in [-0.05, 0) is 37.1 Å². The molecule has 0 aliphatic carbocycles. The molecule has 4 heteroatoms. The molecule has 0 unspecified atom stereocenters. The fraction of sp³-hybridized carbons (Fsp3) is 0.538. The smallest absolute Gasteiger partial charge is 0.166 e. The molecular formula is C13H21NO3. The molecule has 17 heavy (non-hydrogen) atoms. The summed E-state index contributed by atoms with van der Waals surface area (Å²) in [5.74, 6) is 1.49. The van der Waals surface area contributed by atoms with Gasteiger partial charge in [0.25, 0.3) is 0 Å². The lowest BCUT2D eigenvalue weighted by molar-refractivity contribution is 0.180. The molecule has 0 aliphatic heterocycles. The molecular weight excluding hydrogens is 218 g/mol. The molecule has 0 saturated carbocycles. The van der Waals surface area contributed by atoms with Crippen LogP contribution in [-0.2, 0) is 17.8 Å². The second kappa shape index (κ2) is 7.14. The van der Waals surface area contributed by atoms with E-state index in [0.717, 1.165) is 29.9 Å². The van der Waals surface area contributed by atoms with Crippen LogP contribution in [0.3, 0.4) is 0 Å². The minimum Gasteiger partial charge on any atom is -0.493 e. The van der Waals surface area contributed by atoms with Crippen molar-refractivity contribution < 1.29 is 14.2 Å². The summed E-state index contributed by atoms with van der Waals surface area (Å²) in [5, 5.41) is 0. The van der Waals surface area contributed by atoms with Crippen molar-refractivity contribution in [2.45, 2.75) is 19.4 Å². The Bertz CT molecular complexity index is 353. The van der Waals surface area contributed by atoms with Gasteiger partial charge in [0.2, 0.25) is 0 Å². The summed E-state index contributed by atoms with van der Waals surface area (Å²) in [6, 6.07) is 4.08. The van der Waals surface area contributed by atoms with Gasteiger partial charge in [0.15, 0.2) is 11.5 Å². The zero-order valence-corrected chi connectivity index (χ0v) is 10.8. The molecule has 0 radical (unpaired) electrons. The zero-order chi connectivity index (χ0) is 12.7. The Balaban J connectivity index is 3.05. The summed E-state index contributed by atoms with van der Waals surface area (Å²) < 4.78 is 15.9. The Labute approximate surface area is 103 Å². The molecule has 0 bridgehead atoms. The number of rotatable bonds is 7. The number of methoxy groups -OCH3 is 3. The number of hydrogen-bond donors (Lipinski definition) is 1. The fourth-order valence-electron chi connectivity index (χ4n) is 1.82. The lowest BCUT2D eigenvalue weighted by Crippen LogP contribution is -2.03. The second-order valence-corrected chi connectivity index (χ2v) is 3.82. The van der Waals surface area contributed by atoms with E-state index in [9.17, 15) is 0 Å². The highest BCUT2D eigenvalue weighted by Gasteiger charge is 2.12. The van der Waals surface area contributed by atoms with Gasteiger partial charge in [-0.2, -0.15) is 0 Å². The summed E-state index contributed by atoms with van der Waals surface area (Å²) in [4.78, 5) is 0. The molecule has 0 spiro atoms. The zero-order valence-electron chi connectivity index (χ0n) is 10.8. The highest BCUT2D eigenvalue weighted by atomic mass is 16.5. The molecule has 1 aromatic carbocycles. The minimum absolute atomic E-state index is 0.510. The van der Waals surface area contributed by atoms with E-state index in [0.29, 0.717) is 13.2 Å². The second-order valence-electron chi connectivity index (χ2n) is 3.82. The first-order chi connectivity index (χ1) is 8.26. The topological polar surface area (TPSA) is 53.7 Å². The van der Waals surface area contributed by atoms with Crippen molar-refractivity contribution in [3.63, 3.8) is 0 Å². The normalized spacial score (nSPS) is 10.4. The molecule has 96 valence electrons. The van der Waals surface area contributed by atoms with Gasteiger partial charge >= 0.3 is 0 Å². The predicted molar refractivity (Wildman–Crippen MR) is 67.6 cm³/mol. The molecule has 1 rings (SSSR count). The van der Waals surface area contributed by atoms with Crippen molar-refractivity contribution in [1.82, 2.24) is 0 Å².